The van der Waals surface area contributed by atoms with E-state index in [-0.39, 0.29) is 118 Å². The van der Waals surface area contributed by atoms with Crippen LogP contribution in [0.1, 0.15) is 215 Å². The summed E-state index contributed by atoms with van der Waals surface area (Å²) in [5.41, 5.74) is 3.92. The number of halogens is 3. The van der Waals surface area contributed by atoms with E-state index in [0.29, 0.717) is 104 Å². The number of esters is 3. The van der Waals surface area contributed by atoms with E-state index < -0.39 is 98.4 Å². The topological polar surface area (TPSA) is 497 Å². The third-order valence-electron chi connectivity index (χ3n) is 21.2. The minimum atomic E-state index is -5.35. The van der Waals surface area contributed by atoms with E-state index in [0.717, 1.165) is 83.2 Å². The zero-order chi connectivity index (χ0) is 107. The first-order valence-electron chi connectivity index (χ1n) is 47.9. The molecular formula is C93H170B2F3N11O29S. The first kappa shape index (κ1) is 131. The Hall–Kier alpha value is -8.18. The van der Waals surface area contributed by atoms with Crippen molar-refractivity contribution in [2.24, 2.45) is 11.5 Å². The van der Waals surface area contributed by atoms with Gasteiger partial charge in [-0.2, -0.15) is 21.6 Å². The van der Waals surface area contributed by atoms with E-state index in [1.54, 1.807) is 31.5 Å². The minimum absolute atomic E-state index is 0.00926. The monoisotopic (exact) mass is 2020 g/mol. The number of Topliss-reactive ketones (excluding diaryl/α,β-unsaturated/α-hetero) is 1. The maximum Gasteiger partial charge on any atom is 0.523 e. The molecule has 1 aromatic carbocycles. The van der Waals surface area contributed by atoms with Gasteiger partial charge in [0.05, 0.1) is 130 Å². The highest BCUT2D eigenvalue weighted by atomic mass is 32.2. The average molecular weight is 2020 g/mol. The maximum absolute atomic E-state index is 12.6. The lowest BCUT2D eigenvalue weighted by Crippen LogP contribution is -2.46. The van der Waals surface area contributed by atoms with Crippen LogP contribution in [0.5, 0.6) is 0 Å². The van der Waals surface area contributed by atoms with Gasteiger partial charge in [0.2, 0.25) is 0 Å². The van der Waals surface area contributed by atoms with Gasteiger partial charge in [0.25, 0.3) is 0 Å². The van der Waals surface area contributed by atoms with Crippen molar-refractivity contribution in [1.29, 1.82) is 0 Å². The Morgan fingerprint density at radius 1 is 0.460 bits per heavy atom. The fourth-order valence-corrected chi connectivity index (χ4v) is 13.7. The van der Waals surface area contributed by atoms with E-state index in [1.165, 1.54) is 21.3 Å². The molecule has 804 valence electrons. The molecule has 46 heteroatoms. The molecule has 0 aliphatic carbocycles. The second-order valence-corrected chi connectivity index (χ2v) is 41.3. The number of ether oxygens (including phenoxy) is 14. The van der Waals surface area contributed by atoms with Gasteiger partial charge in [-0.25, -0.2) is 33.6 Å². The number of alkyl halides is 3. The Kier molecular flexibility index (Phi) is 62.0. The number of nitrogens with one attached hydrogen (secondary N) is 4. The number of nitrogens with zero attached hydrogens (tertiary/aromatic N) is 5. The number of likely N-dealkylation sites (tertiary alicyclic amines) is 5. The molecule has 0 bridgehead atoms. The lowest BCUT2D eigenvalue weighted by atomic mass is 9.44. The van der Waals surface area contributed by atoms with Crippen LogP contribution in [0.2, 0.25) is 33.1 Å². The largest absolute Gasteiger partial charge is 0.523 e. The molecule has 5 fully saturated rings. The SMILES string of the molecule is CB(C)C(C)N.CCN[C@@H](COC[C@H]1CCCN1C(=O)OC(C)(C)C)C(=O)CC(C)B(C)C.CCN[C@@H](COC[C@H]1CCCN1C(=O)OC(C)(C)C)C(=O)O.CCOS(=O)(=O)C(F)(F)F.CN[C@@H](COC[C@H]1CCCN1C(=O)OC(C)(C)C)C(=O)OC.COC(=O)[C@@H](N)COC[C@H]1CCCN1C(=O)OC(C)(C)C.COC(=O)[C@H](COC[C@H]1CCCN1C(=O)OC(C)(C)C)NC(=O)OCc1ccccc1. The Morgan fingerprint density at radius 3 is 1.02 bits per heavy atom. The fraction of sp³-hybridized carbons (Fsp3) is 0.817. The average Bonchev–Trinajstić information content (AvgIpc) is 1.74. The normalized spacial score (nSPS) is 18.6. The predicted octanol–water partition coefficient (Wildman–Crippen LogP) is 11.4. The standard InChI is InChI=1S/C22H32N2O7.C20H39BN2O4.2C15H28N2O5.C14H26N2O5.C4H12BN.C3H5F3O3S/c1-22(2,3)31-21(27)24-12-8-11-17(24)14-29-15-18(19(25)28-4)23-20(26)30-13-16-9-6-5-7-10-16;1-8-22-17(18(24)12-15(2)21(6)7)14-26-13-16-10-9-11-23(16)19(25)27-20(3,4)5;1-15(2,3)22-14(19)17-8-6-7-11(17)9-21-10-12(16-4)13(18)20-5;1-5-16-12(13(18)19)10-21-9-11-7-6-8-17(11)14(20)22-15(2,3)4;1-14(2,3)21-13(18)16-7-5-6-10(16)8-20-9-11(15)12(17)19-4;1-4(6)5(2)3;1-2-9-10(7,8)3(4,5)6/h5-7,9-10,17-18H,8,11-15H2,1-4H3,(H,23,26);15-17,22H,8-14H2,1-7H3;11-12,16H,6-10H2,1-5H3;11-12,16H,5-10H2,1-4H3,(H,18,19);10-11H,5-9,15H2,1-4H3;4H,6H2,1-3H3;2H2,1H3/t17-,18+;15?,16-,17+;2*11-,12+;10-,11+;;/m11111../s1. The van der Waals surface area contributed by atoms with Crippen LogP contribution in [-0.4, -0.2) is 364 Å². The van der Waals surface area contributed by atoms with Gasteiger partial charge in [-0.3, -0.25) is 23.4 Å². The number of hydrogen-bond acceptors (Lipinski definition) is 33. The van der Waals surface area contributed by atoms with Gasteiger partial charge in [0.15, 0.2) is 18.5 Å². The number of methoxy groups -OCH3 is 3. The number of likely N-dealkylation sites (N-methyl/N-ethyl adjacent to an activating group) is 3. The molecule has 5 heterocycles. The second-order valence-electron chi connectivity index (χ2n) is 39.7. The van der Waals surface area contributed by atoms with Gasteiger partial charge in [0.1, 0.15) is 59.5 Å². The van der Waals surface area contributed by atoms with E-state index in [1.807, 2.05) is 155 Å². The zero-order valence-electron chi connectivity index (χ0n) is 88.0. The summed E-state index contributed by atoms with van der Waals surface area (Å²) in [7, 11) is 0.178. The van der Waals surface area contributed by atoms with Gasteiger partial charge in [0, 0.05) is 39.1 Å². The zero-order valence-corrected chi connectivity index (χ0v) is 88.8. The van der Waals surface area contributed by atoms with Crippen LogP contribution < -0.4 is 32.7 Å². The lowest BCUT2D eigenvalue weighted by Gasteiger charge is -2.29. The molecular weight excluding hydrogens is 1850 g/mol. The molecule has 1 aromatic rings. The summed E-state index contributed by atoms with van der Waals surface area (Å²) >= 11 is 0. The number of carbonyl (C=O) groups excluding carboxylic acids is 10. The van der Waals surface area contributed by atoms with Crippen LogP contribution in [0.25, 0.3) is 0 Å². The summed E-state index contributed by atoms with van der Waals surface area (Å²) in [5.74, 6) is -1.54. The molecule has 12 atom stereocenters. The van der Waals surface area contributed by atoms with Crippen molar-refractivity contribution >= 4 is 89.8 Å². The lowest BCUT2D eigenvalue weighted by molar-refractivity contribution is -0.145. The van der Waals surface area contributed by atoms with E-state index >= 15 is 0 Å². The summed E-state index contributed by atoms with van der Waals surface area (Å²) in [4.78, 5) is 140. The second kappa shape index (κ2) is 65.9. The number of carbonyl (C=O) groups is 11. The molecule has 0 aromatic heterocycles. The molecule has 5 aliphatic heterocycles. The van der Waals surface area contributed by atoms with E-state index in [9.17, 15) is 74.3 Å². The van der Waals surface area contributed by atoms with Crippen molar-refractivity contribution < 1.29 is 150 Å². The quantitative estimate of drug-likeness (QED) is 0.0106. The van der Waals surface area contributed by atoms with Crippen molar-refractivity contribution in [3.63, 3.8) is 0 Å². The molecule has 0 spiro atoms. The van der Waals surface area contributed by atoms with Crippen LogP contribution in [0.15, 0.2) is 30.3 Å². The van der Waals surface area contributed by atoms with Crippen LogP contribution in [0.4, 0.5) is 41.9 Å². The minimum Gasteiger partial charge on any atom is -0.480 e. The third-order valence-corrected chi connectivity index (χ3v) is 22.3. The Bertz CT molecular complexity index is 3810. The molecule has 6 amide bonds. The third kappa shape index (κ3) is 57.0. The Morgan fingerprint density at radius 2 is 0.755 bits per heavy atom. The summed E-state index contributed by atoms with van der Waals surface area (Å²) in [6, 6.07) is 5.63. The molecule has 6 rings (SSSR count). The van der Waals surface area contributed by atoms with Gasteiger partial charge >= 0.3 is 76.1 Å². The summed E-state index contributed by atoms with van der Waals surface area (Å²) in [6.07, 6.45) is 6.98. The number of nitrogens with two attached hydrogens (primary N) is 2. The number of aliphatic carboxylic acids is 1. The summed E-state index contributed by atoms with van der Waals surface area (Å²) in [5, 5.41) is 20.4. The smallest absolute Gasteiger partial charge is 0.480 e. The first-order chi connectivity index (χ1) is 64.5. The number of amides is 6. The highest BCUT2D eigenvalue weighted by molar-refractivity contribution is 7.87. The summed E-state index contributed by atoms with van der Waals surface area (Å²) < 4.78 is 131. The van der Waals surface area contributed by atoms with Crippen molar-refractivity contribution in [3.8, 4) is 0 Å². The number of carboxylic acid groups (broad SMARTS) is 1. The van der Waals surface area contributed by atoms with Gasteiger partial charge in [-0.1, -0.05) is 91.1 Å². The molecule has 9 N–H and O–H groups in total. The Balaban J connectivity index is 0.00000165. The van der Waals surface area contributed by atoms with E-state index in [4.69, 9.17) is 73.4 Å². The van der Waals surface area contributed by atoms with Crippen molar-refractivity contribution in [2.75, 3.05) is 147 Å². The molecule has 2 unspecified atom stereocenters. The number of ketones is 1. The van der Waals surface area contributed by atoms with Crippen molar-refractivity contribution in [3.05, 3.63) is 35.9 Å². The maximum atomic E-state index is 12.6. The molecule has 0 saturated carbocycles. The van der Waals surface area contributed by atoms with Crippen molar-refractivity contribution in [1.82, 2.24) is 45.8 Å². The number of carboxylic acids is 1. The number of rotatable bonds is 39. The number of hydrogen-bond donors (Lipinski definition) is 7. The summed E-state index contributed by atoms with van der Waals surface area (Å²) in [6.45, 7) is 52.8. The number of benzene rings is 1. The van der Waals surface area contributed by atoms with Crippen LogP contribution in [-0.2, 0) is 111 Å². The van der Waals surface area contributed by atoms with Crippen molar-refractivity contribution in [2.45, 2.75) is 349 Å². The molecule has 0 radical (unpaired) electrons. The highest BCUT2D eigenvalue weighted by Gasteiger charge is 2.47. The van der Waals surface area contributed by atoms with Gasteiger partial charge < -0.3 is 129 Å². The van der Waals surface area contributed by atoms with Crippen LogP contribution >= 0.6 is 0 Å². The van der Waals surface area contributed by atoms with Gasteiger partial charge in [-0.15, -0.1) is 0 Å². The Labute approximate surface area is 824 Å². The molecule has 5 saturated heterocycles. The first-order valence-corrected chi connectivity index (χ1v) is 49.3. The van der Waals surface area contributed by atoms with E-state index in [2.05, 4.69) is 69.1 Å². The molecule has 139 heavy (non-hydrogen) atoms. The fourth-order valence-electron chi connectivity index (χ4n) is 13.2. The molecule has 40 nitrogen and oxygen atoms in total. The van der Waals surface area contributed by atoms with Crippen LogP contribution in [0.3, 0.4) is 0 Å². The number of alkyl carbamates (subject to hydrolysis) is 1. The molecule has 5 aliphatic rings. The van der Waals surface area contributed by atoms with Gasteiger partial charge in [-0.05, 0) is 207 Å². The predicted molar refractivity (Wildman–Crippen MR) is 521 cm³/mol. The van der Waals surface area contributed by atoms with Crippen LogP contribution in [0, 0.1) is 0 Å². The highest BCUT2D eigenvalue weighted by Crippen LogP contribution is 2.29.